The van der Waals surface area contributed by atoms with Gasteiger partial charge in [0.1, 0.15) is 0 Å². The van der Waals surface area contributed by atoms with Crippen molar-refractivity contribution in [2.45, 2.75) is 19.8 Å². The maximum Gasteiger partial charge on any atom is 0.227 e. The van der Waals surface area contributed by atoms with Gasteiger partial charge in [0.05, 0.1) is 11.7 Å². The van der Waals surface area contributed by atoms with Gasteiger partial charge in [-0.3, -0.25) is 14.7 Å². The van der Waals surface area contributed by atoms with Crippen molar-refractivity contribution in [1.29, 1.82) is 0 Å². The highest BCUT2D eigenvalue weighted by molar-refractivity contribution is 7.22. The Kier molecular flexibility index (Phi) is 4.75. The molecule has 0 saturated carbocycles. The molecule has 0 radical (unpaired) electrons. The number of fused-ring (bicyclic) bond motifs is 2. The van der Waals surface area contributed by atoms with E-state index in [9.17, 15) is 9.59 Å². The number of H-pyrrole nitrogens is 1. The molecule has 6 nitrogen and oxygen atoms in total. The zero-order chi connectivity index (χ0) is 20.7. The molecule has 2 N–H and O–H groups in total. The molecule has 1 aliphatic rings. The zero-order valence-electron chi connectivity index (χ0n) is 16.6. The molecule has 30 heavy (non-hydrogen) atoms. The fourth-order valence-corrected chi connectivity index (χ4v) is 5.22. The molecule has 1 aliphatic heterocycles. The Morgan fingerprint density at radius 2 is 1.93 bits per heavy atom. The first-order valence-electron chi connectivity index (χ1n) is 10.1. The summed E-state index contributed by atoms with van der Waals surface area (Å²) in [5, 5.41) is 12.6. The average Bonchev–Trinajstić information content (AvgIpc) is 3.40. The van der Waals surface area contributed by atoms with Crippen LogP contribution in [0.5, 0.6) is 0 Å². The highest BCUT2D eigenvalue weighted by Crippen LogP contribution is 2.38. The van der Waals surface area contributed by atoms with Crippen LogP contribution in [0.3, 0.4) is 0 Å². The van der Waals surface area contributed by atoms with E-state index < -0.39 is 0 Å². The molecule has 3 heterocycles. The Labute approximate surface area is 177 Å². The molecule has 0 atom stereocenters. The van der Waals surface area contributed by atoms with E-state index in [2.05, 4.69) is 33.7 Å². The number of carbonyl (C=O) groups is 2. The van der Waals surface area contributed by atoms with E-state index in [0.717, 1.165) is 27.0 Å². The van der Waals surface area contributed by atoms with E-state index in [4.69, 9.17) is 0 Å². The number of aromatic nitrogens is 2. The summed E-state index contributed by atoms with van der Waals surface area (Å²) in [6, 6.07) is 14.5. The summed E-state index contributed by atoms with van der Waals surface area (Å²) in [6.07, 6.45) is 3.18. The maximum atomic E-state index is 12.9. The van der Waals surface area contributed by atoms with Crippen LogP contribution in [0.15, 0.2) is 48.7 Å². The number of nitrogens with zero attached hydrogens (tertiary/aromatic N) is 2. The topological polar surface area (TPSA) is 78.1 Å². The molecule has 7 heteroatoms. The molecule has 2 aromatic carbocycles. The summed E-state index contributed by atoms with van der Waals surface area (Å²) in [5.41, 5.74) is 2.78. The normalized spacial score (nSPS) is 15.0. The van der Waals surface area contributed by atoms with Crippen LogP contribution in [0.25, 0.3) is 31.4 Å². The quantitative estimate of drug-likeness (QED) is 0.509. The predicted octanol–water partition coefficient (Wildman–Crippen LogP) is 4.64. The summed E-state index contributed by atoms with van der Waals surface area (Å²) in [7, 11) is 0. The van der Waals surface area contributed by atoms with Crippen molar-refractivity contribution in [3.8, 4) is 10.4 Å². The zero-order valence-corrected chi connectivity index (χ0v) is 17.5. The molecular formula is C23H22N4O2S. The number of benzene rings is 2. The van der Waals surface area contributed by atoms with Crippen LogP contribution in [0, 0.1) is 5.92 Å². The summed E-state index contributed by atoms with van der Waals surface area (Å²) in [6.45, 7) is 2.86. The second-order valence-corrected chi connectivity index (χ2v) is 8.86. The fraction of sp³-hybridized carbons (Fsp3) is 0.261. The lowest BCUT2D eigenvalue weighted by Gasteiger charge is -2.30. The third-order valence-electron chi connectivity index (χ3n) is 5.82. The number of nitrogens with one attached hydrogen (secondary N) is 2. The maximum absolute atomic E-state index is 12.9. The minimum atomic E-state index is -0.0755. The van der Waals surface area contributed by atoms with Crippen molar-refractivity contribution in [3.63, 3.8) is 0 Å². The van der Waals surface area contributed by atoms with Gasteiger partial charge in [0.25, 0.3) is 0 Å². The number of hydrogen-bond acceptors (Lipinski definition) is 4. The number of anilines is 1. The van der Waals surface area contributed by atoms with Gasteiger partial charge >= 0.3 is 0 Å². The van der Waals surface area contributed by atoms with E-state index in [-0.39, 0.29) is 17.7 Å². The third-order valence-corrected chi connectivity index (χ3v) is 6.97. The summed E-state index contributed by atoms with van der Waals surface area (Å²) in [4.78, 5) is 27.3. The first-order valence-corrected chi connectivity index (χ1v) is 10.9. The largest absolute Gasteiger partial charge is 0.343 e. The van der Waals surface area contributed by atoms with Gasteiger partial charge in [-0.15, -0.1) is 11.3 Å². The number of thiophene rings is 1. The molecule has 0 aliphatic carbocycles. The minimum Gasteiger partial charge on any atom is -0.343 e. The van der Waals surface area contributed by atoms with Crippen LogP contribution < -0.4 is 5.32 Å². The number of carbonyl (C=O) groups excluding carboxylic acids is 2. The smallest absolute Gasteiger partial charge is 0.227 e. The van der Waals surface area contributed by atoms with Crippen LogP contribution in [0.4, 0.5) is 5.69 Å². The van der Waals surface area contributed by atoms with Gasteiger partial charge in [0, 0.05) is 52.1 Å². The van der Waals surface area contributed by atoms with Gasteiger partial charge in [0.15, 0.2) is 0 Å². The van der Waals surface area contributed by atoms with E-state index in [1.54, 1.807) is 29.4 Å². The number of likely N-dealkylation sites (tertiary alicyclic amines) is 1. The Bertz CT molecular complexity index is 1220. The minimum absolute atomic E-state index is 0.0170. The second-order valence-electron chi connectivity index (χ2n) is 7.78. The number of aromatic amines is 1. The van der Waals surface area contributed by atoms with Crippen molar-refractivity contribution in [2.24, 2.45) is 5.92 Å². The molecule has 5 rings (SSSR count). The van der Waals surface area contributed by atoms with Crippen LogP contribution in [-0.2, 0) is 9.59 Å². The molecule has 1 saturated heterocycles. The molecule has 0 bridgehead atoms. The molecule has 2 aromatic heterocycles. The summed E-state index contributed by atoms with van der Waals surface area (Å²) < 4.78 is 1.23. The third kappa shape index (κ3) is 3.45. The van der Waals surface area contributed by atoms with Crippen LogP contribution >= 0.6 is 11.3 Å². The van der Waals surface area contributed by atoms with Crippen LogP contribution in [0.1, 0.15) is 19.8 Å². The molecule has 152 valence electrons. The SMILES string of the molecule is CC(=O)N1CCC(C(=O)Nc2cc(-c3cc4ccccc4s3)c3[nH]ncc3c2)CC1. The lowest BCUT2D eigenvalue weighted by atomic mass is 9.95. The van der Waals surface area contributed by atoms with Crippen LogP contribution in [-0.4, -0.2) is 40.0 Å². The second kappa shape index (κ2) is 7.57. The molecule has 4 aromatic rings. The predicted molar refractivity (Wildman–Crippen MR) is 121 cm³/mol. The van der Waals surface area contributed by atoms with Gasteiger partial charge in [-0.2, -0.15) is 5.10 Å². The van der Waals surface area contributed by atoms with Crippen molar-refractivity contribution in [2.75, 3.05) is 18.4 Å². The molecule has 1 fully saturated rings. The monoisotopic (exact) mass is 418 g/mol. The Morgan fingerprint density at radius 1 is 1.13 bits per heavy atom. The summed E-state index contributed by atoms with van der Waals surface area (Å²) >= 11 is 1.73. The van der Waals surface area contributed by atoms with Gasteiger partial charge in [-0.05, 0) is 42.5 Å². The highest BCUT2D eigenvalue weighted by Gasteiger charge is 2.26. The van der Waals surface area contributed by atoms with Gasteiger partial charge in [0.2, 0.25) is 11.8 Å². The molecule has 0 unspecified atom stereocenters. The van der Waals surface area contributed by atoms with E-state index >= 15 is 0 Å². The number of piperidine rings is 1. The fourth-order valence-electron chi connectivity index (χ4n) is 4.14. The first-order chi connectivity index (χ1) is 14.6. The first kappa shape index (κ1) is 18.8. The molecular weight excluding hydrogens is 396 g/mol. The Hall–Kier alpha value is -3.19. The lowest BCUT2D eigenvalue weighted by molar-refractivity contribution is -0.132. The van der Waals surface area contributed by atoms with E-state index in [0.29, 0.717) is 25.9 Å². The number of rotatable bonds is 3. The molecule has 0 spiro atoms. The highest BCUT2D eigenvalue weighted by atomic mass is 32.1. The van der Waals surface area contributed by atoms with E-state index in [1.807, 2.05) is 24.3 Å². The summed E-state index contributed by atoms with van der Waals surface area (Å²) in [5.74, 6) is 0.0176. The van der Waals surface area contributed by atoms with Crippen molar-refractivity contribution >= 4 is 49.8 Å². The van der Waals surface area contributed by atoms with Crippen molar-refractivity contribution < 1.29 is 9.59 Å². The van der Waals surface area contributed by atoms with Gasteiger partial charge in [-0.25, -0.2) is 0 Å². The van der Waals surface area contributed by atoms with Gasteiger partial charge < -0.3 is 10.2 Å². The van der Waals surface area contributed by atoms with Crippen LogP contribution in [0.2, 0.25) is 0 Å². The Morgan fingerprint density at radius 3 is 2.70 bits per heavy atom. The number of hydrogen-bond donors (Lipinski definition) is 2. The standard InChI is InChI=1S/C23H22N4O2S/c1-14(28)27-8-6-15(7-9-27)23(29)25-18-10-17-13-24-26-22(17)19(12-18)21-11-16-4-2-3-5-20(16)30-21/h2-5,10-13,15H,6-9H2,1H3,(H,24,26)(H,25,29). The lowest BCUT2D eigenvalue weighted by Crippen LogP contribution is -2.40. The Balaban J connectivity index is 1.43. The van der Waals surface area contributed by atoms with Gasteiger partial charge in [-0.1, -0.05) is 18.2 Å². The number of amides is 2. The average molecular weight is 419 g/mol. The van der Waals surface area contributed by atoms with Crippen molar-refractivity contribution in [3.05, 3.63) is 48.7 Å². The van der Waals surface area contributed by atoms with E-state index in [1.165, 1.54) is 10.1 Å². The molecule has 2 amide bonds. The van der Waals surface area contributed by atoms with Crippen molar-refractivity contribution in [1.82, 2.24) is 15.1 Å².